The molecule has 1 aromatic heterocycles. The largest absolute Gasteiger partial charge is 0.354 e. The van der Waals surface area contributed by atoms with E-state index in [-0.39, 0.29) is 17.9 Å². The fourth-order valence-electron chi connectivity index (χ4n) is 4.55. The Labute approximate surface area is 164 Å². The molecule has 2 aliphatic heterocycles. The number of carbonyl (C=O) groups excluding carboxylic acids is 2. The highest BCUT2D eigenvalue weighted by molar-refractivity contribution is 5.94. The molecule has 3 N–H and O–H groups in total. The van der Waals surface area contributed by atoms with Gasteiger partial charge in [-0.3, -0.25) is 19.6 Å². The molecule has 0 bridgehead atoms. The summed E-state index contributed by atoms with van der Waals surface area (Å²) in [5.41, 5.74) is 1.24. The second-order valence-electron chi connectivity index (χ2n) is 7.79. The lowest BCUT2D eigenvalue weighted by atomic mass is 9.84. The number of rotatable bonds is 6. The summed E-state index contributed by atoms with van der Waals surface area (Å²) in [6.07, 6.45) is 7.58. The summed E-state index contributed by atoms with van der Waals surface area (Å²) in [6, 6.07) is 10.2. The van der Waals surface area contributed by atoms with Crippen LogP contribution in [0.1, 0.15) is 41.6 Å². The molecule has 2 amide bonds. The van der Waals surface area contributed by atoms with Crippen LogP contribution in [-0.2, 0) is 11.2 Å². The minimum atomic E-state index is -0.497. The average molecular weight is 381 g/mol. The standard InChI is InChI=1S/C21H27N5O2/c27-19(17-13-23-24-14-17)25-18-12-21(9-4-5-11-26(21)15-18)20(28)22-10-8-16-6-2-1-3-7-16/h1-3,6-7,13-14,18H,4-5,8-12,15H2,(H,22,28)(H,23,24)(H,25,27)/t18-,21-/m0/s1. The first-order valence-corrected chi connectivity index (χ1v) is 10.0. The molecular weight excluding hydrogens is 354 g/mol. The number of aromatic amines is 1. The predicted octanol–water partition coefficient (Wildman–Crippen LogP) is 1.50. The van der Waals surface area contributed by atoms with E-state index in [0.717, 1.165) is 38.8 Å². The van der Waals surface area contributed by atoms with Crippen LogP contribution in [0.25, 0.3) is 0 Å². The van der Waals surface area contributed by atoms with E-state index in [0.29, 0.717) is 18.5 Å². The van der Waals surface area contributed by atoms with Crippen LogP contribution < -0.4 is 10.6 Å². The second-order valence-corrected chi connectivity index (χ2v) is 7.79. The number of H-pyrrole nitrogens is 1. The number of benzene rings is 1. The van der Waals surface area contributed by atoms with Crippen LogP contribution in [0.2, 0.25) is 0 Å². The summed E-state index contributed by atoms with van der Waals surface area (Å²) >= 11 is 0. The van der Waals surface area contributed by atoms with Gasteiger partial charge >= 0.3 is 0 Å². The van der Waals surface area contributed by atoms with Gasteiger partial charge in [0.1, 0.15) is 5.54 Å². The smallest absolute Gasteiger partial charge is 0.254 e. The fraction of sp³-hybridized carbons (Fsp3) is 0.476. The highest BCUT2D eigenvalue weighted by Crippen LogP contribution is 2.38. The maximum Gasteiger partial charge on any atom is 0.254 e. The topological polar surface area (TPSA) is 90.1 Å². The summed E-state index contributed by atoms with van der Waals surface area (Å²) in [4.78, 5) is 27.8. The van der Waals surface area contributed by atoms with Crippen LogP contribution in [-0.4, -0.2) is 58.1 Å². The highest BCUT2D eigenvalue weighted by atomic mass is 16.2. The molecule has 148 valence electrons. The predicted molar refractivity (Wildman–Crippen MR) is 106 cm³/mol. The van der Waals surface area contributed by atoms with Crippen LogP contribution in [0.15, 0.2) is 42.7 Å². The summed E-state index contributed by atoms with van der Waals surface area (Å²) < 4.78 is 0. The molecule has 2 saturated heterocycles. The highest BCUT2D eigenvalue weighted by Gasteiger charge is 2.52. The molecule has 0 spiro atoms. The number of carbonyl (C=O) groups is 2. The van der Waals surface area contributed by atoms with E-state index in [4.69, 9.17) is 0 Å². The Bertz CT molecular complexity index is 807. The molecule has 3 heterocycles. The average Bonchev–Trinajstić information content (AvgIpc) is 3.37. The number of fused-ring (bicyclic) bond motifs is 1. The van der Waals surface area contributed by atoms with Crippen molar-refractivity contribution in [1.82, 2.24) is 25.7 Å². The third-order valence-corrected chi connectivity index (χ3v) is 5.96. The van der Waals surface area contributed by atoms with Gasteiger partial charge in [0.15, 0.2) is 0 Å². The molecular formula is C21H27N5O2. The van der Waals surface area contributed by atoms with Crippen molar-refractivity contribution in [3.05, 3.63) is 53.9 Å². The first-order valence-electron chi connectivity index (χ1n) is 10.0. The lowest BCUT2D eigenvalue weighted by molar-refractivity contribution is -0.133. The van der Waals surface area contributed by atoms with E-state index in [9.17, 15) is 9.59 Å². The van der Waals surface area contributed by atoms with Crippen molar-refractivity contribution in [1.29, 1.82) is 0 Å². The van der Waals surface area contributed by atoms with Crippen molar-refractivity contribution in [2.45, 2.75) is 43.7 Å². The van der Waals surface area contributed by atoms with E-state index < -0.39 is 5.54 Å². The van der Waals surface area contributed by atoms with Gasteiger partial charge in [0.05, 0.1) is 11.8 Å². The van der Waals surface area contributed by atoms with Crippen molar-refractivity contribution in [3.63, 3.8) is 0 Å². The number of amides is 2. The SMILES string of the molecule is O=C(N[C@@H]1CN2CCCC[C@@]2(C(=O)NCCc2ccccc2)C1)c1cn[nH]c1. The normalized spacial score (nSPS) is 24.5. The Balaban J connectivity index is 1.38. The van der Waals surface area contributed by atoms with E-state index in [2.05, 4.69) is 37.9 Å². The van der Waals surface area contributed by atoms with Gasteiger partial charge in [0.25, 0.3) is 5.91 Å². The number of piperidine rings is 1. The first kappa shape index (κ1) is 18.7. The molecule has 7 heteroatoms. The zero-order chi connectivity index (χ0) is 19.4. The van der Waals surface area contributed by atoms with Crippen LogP contribution in [0, 0.1) is 0 Å². The van der Waals surface area contributed by atoms with Gasteiger partial charge in [-0.2, -0.15) is 5.10 Å². The van der Waals surface area contributed by atoms with E-state index in [1.165, 1.54) is 11.8 Å². The summed E-state index contributed by atoms with van der Waals surface area (Å²) in [5.74, 6) is -0.0403. The molecule has 2 aliphatic rings. The molecule has 28 heavy (non-hydrogen) atoms. The molecule has 0 radical (unpaired) electrons. The molecule has 0 unspecified atom stereocenters. The second kappa shape index (κ2) is 8.14. The Morgan fingerprint density at radius 1 is 1.25 bits per heavy atom. The molecule has 2 atom stereocenters. The van der Waals surface area contributed by atoms with Gasteiger partial charge in [-0.05, 0) is 44.2 Å². The minimum Gasteiger partial charge on any atom is -0.354 e. The quantitative estimate of drug-likeness (QED) is 0.707. The van der Waals surface area contributed by atoms with Crippen molar-refractivity contribution in [3.8, 4) is 0 Å². The molecule has 2 aromatic rings. The monoisotopic (exact) mass is 381 g/mol. The summed E-state index contributed by atoms with van der Waals surface area (Å²) in [5, 5.41) is 12.7. The van der Waals surface area contributed by atoms with Crippen molar-refractivity contribution < 1.29 is 9.59 Å². The number of nitrogens with one attached hydrogen (secondary N) is 3. The molecule has 0 aliphatic carbocycles. The molecule has 4 rings (SSSR count). The lowest BCUT2D eigenvalue weighted by Crippen LogP contribution is -2.57. The third kappa shape index (κ3) is 3.80. The summed E-state index contributed by atoms with van der Waals surface area (Å²) in [7, 11) is 0. The fourth-order valence-corrected chi connectivity index (χ4v) is 4.55. The zero-order valence-electron chi connectivity index (χ0n) is 16.0. The molecule has 1 aromatic carbocycles. The maximum absolute atomic E-state index is 13.2. The van der Waals surface area contributed by atoms with Crippen molar-refractivity contribution in [2.24, 2.45) is 0 Å². The Morgan fingerprint density at radius 2 is 2.11 bits per heavy atom. The minimum absolute atomic E-state index is 0.0274. The van der Waals surface area contributed by atoms with Gasteiger partial charge in [-0.1, -0.05) is 30.3 Å². The van der Waals surface area contributed by atoms with Crippen LogP contribution in [0.5, 0.6) is 0 Å². The van der Waals surface area contributed by atoms with Crippen LogP contribution in [0.4, 0.5) is 0 Å². The molecule has 7 nitrogen and oxygen atoms in total. The van der Waals surface area contributed by atoms with Gasteiger partial charge in [0, 0.05) is 25.3 Å². The lowest BCUT2D eigenvalue weighted by Gasteiger charge is -2.40. The van der Waals surface area contributed by atoms with Gasteiger partial charge in [-0.15, -0.1) is 0 Å². The van der Waals surface area contributed by atoms with E-state index >= 15 is 0 Å². The molecule has 0 saturated carbocycles. The first-order chi connectivity index (χ1) is 13.7. The van der Waals surface area contributed by atoms with Crippen molar-refractivity contribution in [2.75, 3.05) is 19.6 Å². The van der Waals surface area contributed by atoms with E-state index in [1.54, 1.807) is 6.20 Å². The van der Waals surface area contributed by atoms with Gasteiger partial charge in [0.2, 0.25) is 5.91 Å². The van der Waals surface area contributed by atoms with Gasteiger partial charge < -0.3 is 10.6 Å². The Kier molecular flexibility index (Phi) is 5.43. The van der Waals surface area contributed by atoms with E-state index in [1.807, 2.05) is 18.2 Å². The third-order valence-electron chi connectivity index (χ3n) is 5.96. The Morgan fingerprint density at radius 3 is 2.89 bits per heavy atom. The number of aromatic nitrogens is 2. The van der Waals surface area contributed by atoms with Crippen LogP contribution in [0.3, 0.4) is 0 Å². The number of nitrogens with zero attached hydrogens (tertiary/aromatic N) is 2. The maximum atomic E-state index is 13.2. The summed E-state index contributed by atoms with van der Waals surface area (Å²) in [6.45, 7) is 2.25. The van der Waals surface area contributed by atoms with Gasteiger partial charge in [-0.25, -0.2) is 0 Å². The molecule has 2 fully saturated rings. The zero-order valence-corrected chi connectivity index (χ0v) is 16.0. The van der Waals surface area contributed by atoms with Crippen LogP contribution >= 0.6 is 0 Å². The van der Waals surface area contributed by atoms with Crippen molar-refractivity contribution >= 4 is 11.8 Å². The number of hydrogen-bond donors (Lipinski definition) is 3. The number of hydrogen-bond acceptors (Lipinski definition) is 4. The Hall–Kier alpha value is -2.67.